The van der Waals surface area contributed by atoms with E-state index >= 15 is 0 Å². The molecule has 1 aromatic rings. The van der Waals surface area contributed by atoms with E-state index in [4.69, 9.17) is 23.8 Å². The predicted octanol–water partition coefficient (Wildman–Crippen LogP) is 4.49. The molecule has 0 amide bonds. The van der Waals surface area contributed by atoms with Crippen LogP contribution in [0, 0.1) is 17.8 Å². The van der Waals surface area contributed by atoms with Gasteiger partial charge in [0.25, 0.3) is 0 Å². The SMILES string of the molecule is CCCCC[C@@H](CC[C@@H]1[C@H]2Cc3cccc(OCC(=O)O)c3C[C@H]2C[C@H]1OC(=O)OC)OP(=O)(O)O. The van der Waals surface area contributed by atoms with E-state index in [1.807, 2.05) is 12.1 Å². The van der Waals surface area contributed by atoms with Gasteiger partial charge in [0.05, 0.1) is 13.2 Å². The first-order valence-electron chi connectivity index (χ1n) is 12.5. The van der Waals surface area contributed by atoms with E-state index in [0.717, 1.165) is 36.8 Å². The van der Waals surface area contributed by atoms with Crippen molar-refractivity contribution in [2.24, 2.45) is 17.8 Å². The Labute approximate surface area is 211 Å². The first-order chi connectivity index (χ1) is 17.1. The minimum Gasteiger partial charge on any atom is -0.482 e. The molecule has 5 atom stereocenters. The number of unbranched alkanes of at least 4 members (excludes halogenated alkanes) is 2. The Bertz CT molecular complexity index is 945. The summed E-state index contributed by atoms with van der Waals surface area (Å²) in [5.74, 6) is -0.130. The van der Waals surface area contributed by atoms with Crippen LogP contribution in [0.1, 0.15) is 63.0 Å². The van der Waals surface area contributed by atoms with Crippen LogP contribution in [0.2, 0.25) is 0 Å². The average Bonchev–Trinajstić information content (AvgIpc) is 3.14. The molecule has 3 rings (SSSR count). The number of aliphatic carboxylic acids is 1. The Hall–Kier alpha value is -2.13. The second-order valence-electron chi connectivity index (χ2n) is 9.71. The predicted molar refractivity (Wildman–Crippen MR) is 130 cm³/mol. The molecule has 202 valence electrons. The summed E-state index contributed by atoms with van der Waals surface area (Å²) in [5, 5.41) is 9.00. The van der Waals surface area contributed by atoms with Crippen LogP contribution < -0.4 is 4.74 Å². The van der Waals surface area contributed by atoms with Crippen LogP contribution in [-0.2, 0) is 36.2 Å². The first-order valence-corrected chi connectivity index (χ1v) is 14.1. The lowest BCUT2D eigenvalue weighted by Crippen LogP contribution is -2.30. The lowest BCUT2D eigenvalue weighted by atomic mass is 9.73. The van der Waals surface area contributed by atoms with Crippen LogP contribution in [0.25, 0.3) is 0 Å². The van der Waals surface area contributed by atoms with Gasteiger partial charge in [-0.15, -0.1) is 0 Å². The molecule has 1 saturated carbocycles. The highest BCUT2D eigenvalue weighted by molar-refractivity contribution is 7.46. The molecule has 0 aromatic heterocycles. The Morgan fingerprint density at radius 2 is 1.94 bits per heavy atom. The van der Waals surface area contributed by atoms with Crippen molar-refractivity contribution >= 4 is 19.9 Å². The highest BCUT2D eigenvalue weighted by atomic mass is 31.2. The molecule has 0 saturated heterocycles. The van der Waals surface area contributed by atoms with Gasteiger partial charge in [-0.3, -0.25) is 4.52 Å². The largest absolute Gasteiger partial charge is 0.508 e. The molecule has 11 heteroatoms. The summed E-state index contributed by atoms with van der Waals surface area (Å²) in [7, 11) is -3.36. The number of ether oxygens (including phenoxy) is 3. The number of carbonyl (C=O) groups excluding carboxylic acids is 1. The molecule has 1 aromatic carbocycles. The van der Waals surface area contributed by atoms with Crippen molar-refractivity contribution in [1.29, 1.82) is 0 Å². The van der Waals surface area contributed by atoms with Gasteiger partial charge in [0.1, 0.15) is 11.9 Å². The van der Waals surface area contributed by atoms with Gasteiger partial charge in [0.15, 0.2) is 6.61 Å². The zero-order chi connectivity index (χ0) is 26.3. The van der Waals surface area contributed by atoms with E-state index in [9.17, 15) is 23.9 Å². The molecule has 2 aliphatic rings. The zero-order valence-corrected chi connectivity index (χ0v) is 21.7. The number of rotatable bonds is 13. The minimum atomic E-state index is -4.63. The smallest absolute Gasteiger partial charge is 0.482 e. The Balaban J connectivity index is 1.78. The number of methoxy groups -OCH3 is 1. The van der Waals surface area contributed by atoms with Gasteiger partial charge in [-0.2, -0.15) is 0 Å². The molecular formula is C25H37O10P. The summed E-state index contributed by atoms with van der Waals surface area (Å²) >= 11 is 0. The summed E-state index contributed by atoms with van der Waals surface area (Å²) < 4.78 is 32.6. The standard InChI is InChI=1S/C25H37O10P/c1-3-4-5-8-18(35-36(29,30)31)10-11-19-20-12-16-7-6-9-22(33-15-24(26)27)21(16)13-17(20)14-23(19)34-25(28)32-2/h6-7,9,17-20,23H,3-5,8,10-15H2,1-2H3,(H,26,27)(H2,29,30,31)/t17-,18-,19+,20-,23+/m0/s1. The van der Waals surface area contributed by atoms with Gasteiger partial charge < -0.3 is 29.1 Å². The summed E-state index contributed by atoms with van der Waals surface area (Å²) in [5.41, 5.74) is 2.06. The quantitative estimate of drug-likeness (QED) is 0.190. The monoisotopic (exact) mass is 528 g/mol. The molecular weight excluding hydrogens is 491 g/mol. The molecule has 2 aliphatic carbocycles. The van der Waals surface area contributed by atoms with Crippen molar-refractivity contribution in [3.05, 3.63) is 29.3 Å². The Morgan fingerprint density at radius 1 is 1.17 bits per heavy atom. The van der Waals surface area contributed by atoms with Crippen LogP contribution in [0.4, 0.5) is 4.79 Å². The normalized spacial score (nSPS) is 23.9. The number of carboxylic acid groups (broad SMARTS) is 1. The molecule has 0 heterocycles. The third-order valence-corrected chi connectivity index (χ3v) is 7.90. The molecule has 1 fully saturated rings. The van der Waals surface area contributed by atoms with Crippen LogP contribution in [0.15, 0.2) is 18.2 Å². The highest BCUT2D eigenvalue weighted by Crippen LogP contribution is 2.50. The van der Waals surface area contributed by atoms with Gasteiger partial charge in [-0.05, 0) is 73.5 Å². The van der Waals surface area contributed by atoms with Crippen LogP contribution in [0.3, 0.4) is 0 Å². The van der Waals surface area contributed by atoms with E-state index in [1.165, 1.54) is 7.11 Å². The van der Waals surface area contributed by atoms with Crippen molar-refractivity contribution in [3.8, 4) is 5.75 Å². The molecule has 36 heavy (non-hydrogen) atoms. The maximum Gasteiger partial charge on any atom is 0.508 e. The summed E-state index contributed by atoms with van der Waals surface area (Å²) in [4.78, 5) is 41.8. The molecule has 10 nitrogen and oxygen atoms in total. The first kappa shape index (κ1) is 28.4. The van der Waals surface area contributed by atoms with Crippen LogP contribution in [-0.4, -0.2) is 52.9 Å². The molecule has 0 radical (unpaired) electrons. The number of phosphoric ester groups is 1. The van der Waals surface area contributed by atoms with E-state index in [0.29, 0.717) is 37.9 Å². The van der Waals surface area contributed by atoms with E-state index < -0.39 is 38.8 Å². The van der Waals surface area contributed by atoms with E-state index in [-0.39, 0.29) is 17.8 Å². The van der Waals surface area contributed by atoms with Crippen LogP contribution >= 0.6 is 7.82 Å². The Morgan fingerprint density at radius 3 is 2.61 bits per heavy atom. The van der Waals surface area contributed by atoms with Crippen molar-refractivity contribution in [3.63, 3.8) is 0 Å². The summed E-state index contributed by atoms with van der Waals surface area (Å²) in [6.45, 7) is 1.64. The maximum absolute atomic E-state index is 12.0. The van der Waals surface area contributed by atoms with Crippen molar-refractivity contribution in [2.75, 3.05) is 13.7 Å². The van der Waals surface area contributed by atoms with Crippen molar-refractivity contribution in [2.45, 2.75) is 76.9 Å². The topological polar surface area (TPSA) is 149 Å². The number of hydrogen-bond acceptors (Lipinski definition) is 7. The fourth-order valence-corrected chi connectivity index (χ4v) is 6.40. The molecule has 0 unspecified atom stereocenters. The number of fused-ring (bicyclic) bond motifs is 2. The van der Waals surface area contributed by atoms with Crippen molar-refractivity contribution in [1.82, 2.24) is 0 Å². The van der Waals surface area contributed by atoms with E-state index in [1.54, 1.807) is 6.07 Å². The number of hydrogen-bond donors (Lipinski definition) is 3. The summed E-state index contributed by atoms with van der Waals surface area (Å²) in [6, 6.07) is 5.63. The van der Waals surface area contributed by atoms with Gasteiger partial charge >= 0.3 is 19.9 Å². The lowest BCUT2D eigenvalue weighted by Gasteiger charge is -2.33. The van der Waals surface area contributed by atoms with E-state index in [2.05, 4.69) is 6.92 Å². The number of carboxylic acids is 1. The van der Waals surface area contributed by atoms with Crippen LogP contribution in [0.5, 0.6) is 5.75 Å². The summed E-state index contributed by atoms with van der Waals surface area (Å²) in [6.07, 6.45) is 4.62. The van der Waals surface area contributed by atoms with Gasteiger partial charge in [0.2, 0.25) is 0 Å². The fourth-order valence-electron chi connectivity index (χ4n) is 5.80. The number of benzene rings is 1. The lowest BCUT2D eigenvalue weighted by molar-refractivity contribution is -0.139. The third-order valence-electron chi connectivity index (χ3n) is 7.32. The number of phosphoric acid groups is 1. The zero-order valence-electron chi connectivity index (χ0n) is 20.8. The van der Waals surface area contributed by atoms with Gasteiger partial charge in [0, 0.05) is 0 Å². The second kappa shape index (κ2) is 12.9. The maximum atomic E-state index is 12.0. The third kappa shape index (κ3) is 7.93. The highest BCUT2D eigenvalue weighted by Gasteiger charge is 2.47. The Kier molecular flexibility index (Phi) is 10.2. The fraction of sp³-hybridized carbons (Fsp3) is 0.680. The molecule has 3 N–H and O–H groups in total. The second-order valence-corrected chi connectivity index (χ2v) is 10.9. The molecule has 0 bridgehead atoms. The van der Waals surface area contributed by atoms with Gasteiger partial charge in [-0.25, -0.2) is 14.2 Å². The minimum absolute atomic E-state index is 0.0279. The van der Waals surface area contributed by atoms with Gasteiger partial charge in [-0.1, -0.05) is 38.3 Å². The number of carbonyl (C=O) groups is 2. The molecule has 0 spiro atoms. The van der Waals surface area contributed by atoms with Crippen molar-refractivity contribution < 1.29 is 47.8 Å². The molecule has 0 aliphatic heterocycles. The average molecular weight is 529 g/mol.